The van der Waals surface area contributed by atoms with Gasteiger partial charge in [-0.3, -0.25) is 4.79 Å². The van der Waals surface area contributed by atoms with E-state index in [9.17, 15) is 18.0 Å². The van der Waals surface area contributed by atoms with Crippen molar-refractivity contribution in [2.24, 2.45) is 0 Å². The first-order valence-electron chi connectivity index (χ1n) is 4.30. The van der Waals surface area contributed by atoms with Crippen molar-refractivity contribution in [3.63, 3.8) is 0 Å². The molecule has 0 fully saturated rings. The topological polar surface area (TPSA) is 89.5 Å². The van der Waals surface area contributed by atoms with E-state index in [0.29, 0.717) is 0 Å². The highest BCUT2D eigenvalue weighted by Gasteiger charge is 2.42. The molecule has 0 spiro atoms. The van der Waals surface area contributed by atoms with Crippen molar-refractivity contribution in [2.75, 3.05) is 7.11 Å². The smallest absolute Gasteiger partial charge is 0.332 e. The van der Waals surface area contributed by atoms with E-state index in [1.54, 1.807) is 0 Å². The van der Waals surface area contributed by atoms with Crippen molar-refractivity contribution in [1.29, 1.82) is 0 Å². The Morgan fingerprint density at radius 2 is 2.24 bits per heavy atom. The third kappa shape index (κ3) is 1.97. The van der Waals surface area contributed by atoms with Crippen LogP contribution in [0.5, 0.6) is 0 Å². The standard InChI is InChI=1S/C8H6ClNO5S2/c1-15-7(12)5-6(11)3-2-4(9)16-8(3)17(13,14)10-5/h2,5,10H,1H3. The summed E-state index contributed by atoms with van der Waals surface area (Å²) in [4.78, 5) is 23.1. The van der Waals surface area contributed by atoms with E-state index in [2.05, 4.69) is 4.74 Å². The molecule has 0 saturated heterocycles. The Hall–Kier alpha value is -0.960. The maximum atomic E-state index is 11.8. The third-order valence-corrected chi connectivity index (χ3v) is 5.37. The minimum atomic E-state index is -3.90. The Labute approximate surface area is 106 Å². The number of carbonyl (C=O) groups excluding carboxylic acids is 2. The molecule has 1 aromatic heterocycles. The molecule has 0 saturated carbocycles. The van der Waals surface area contributed by atoms with Crippen LogP contribution in [0.25, 0.3) is 0 Å². The molecule has 6 nitrogen and oxygen atoms in total. The number of rotatable bonds is 1. The maximum Gasteiger partial charge on any atom is 0.332 e. The number of sulfonamides is 1. The van der Waals surface area contributed by atoms with Gasteiger partial charge in [0.1, 0.15) is 4.21 Å². The van der Waals surface area contributed by atoms with E-state index in [4.69, 9.17) is 11.6 Å². The number of methoxy groups -OCH3 is 1. The zero-order chi connectivity index (χ0) is 12.8. The molecular formula is C8H6ClNO5S2. The van der Waals surface area contributed by atoms with E-state index < -0.39 is 27.8 Å². The van der Waals surface area contributed by atoms with Gasteiger partial charge in [-0.15, -0.1) is 11.3 Å². The van der Waals surface area contributed by atoms with Crippen LogP contribution in [-0.4, -0.2) is 33.3 Å². The average molecular weight is 296 g/mol. The second kappa shape index (κ2) is 4.05. The van der Waals surface area contributed by atoms with Crippen LogP contribution in [0.1, 0.15) is 10.4 Å². The van der Waals surface area contributed by atoms with Crippen LogP contribution < -0.4 is 4.72 Å². The predicted octanol–water partition coefficient (Wildman–Crippen LogP) is 0.418. The van der Waals surface area contributed by atoms with Gasteiger partial charge in [-0.05, 0) is 6.07 Å². The van der Waals surface area contributed by atoms with Gasteiger partial charge in [0.25, 0.3) is 10.0 Å². The minimum Gasteiger partial charge on any atom is -0.467 e. The fraction of sp³-hybridized carbons (Fsp3) is 0.250. The normalized spacial score (nSPS) is 22.0. The molecule has 1 aliphatic rings. The molecule has 0 aromatic carbocycles. The monoisotopic (exact) mass is 295 g/mol. The van der Waals surface area contributed by atoms with Crippen molar-refractivity contribution in [3.8, 4) is 0 Å². The summed E-state index contributed by atoms with van der Waals surface area (Å²) < 4.78 is 29.8. The lowest BCUT2D eigenvalue weighted by molar-refractivity contribution is -0.141. The van der Waals surface area contributed by atoms with Gasteiger partial charge >= 0.3 is 5.97 Å². The van der Waals surface area contributed by atoms with Crippen molar-refractivity contribution >= 4 is 44.7 Å². The van der Waals surface area contributed by atoms with Crippen LogP contribution in [0.4, 0.5) is 0 Å². The van der Waals surface area contributed by atoms with E-state index >= 15 is 0 Å². The van der Waals surface area contributed by atoms with E-state index in [-0.39, 0.29) is 14.1 Å². The summed E-state index contributed by atoms with van der Waals surface area (Å²) in [5.74, 6) is -1.61. The Balaban J connectivity index is 2.59. The van der Waals surface area contributed by atoms with Crippen LogP contribution in [-0.2, 0) is 19.6 Å². The van der Waals surface area contributed by atoms with E-state index in [0.717, 1.165) is 18.4 Å². The number of thiophene rings is 1. The van der Waals surface area contributed by atoms with Crippen LogP contribution in [0, 0.1) is 0 Å². The lowest BCUT2D eigenvalue weighted by Crippen LogP contribution is -2.50. The molecule has 1 atom stereocenters. The zero-order valence-electron chi connectivity index (χ0n) is 8.39. The van der Waals surface area contributed by atoms with Gasteiger partial charge in [-0.1, -0.05) is 11.6 Å². The fourth-order valence-corrected chi connectivity index (χ4v) is 4.43. The number of ketones is 1. The van der Waals surface area contributed by atoms with E-state index in [1.165, 1.54) is 6.07 Å². The van der Waals surface area contributed by atoms with Gasteiger partial charge in [0.2, 0.25) is 0 Å². The van der Waals surface area contributed by atoms with Crippen LogP contribution in [0.15, 0.2) is 10.3 Å². The van der Waals surface area contributed by atoms with E-state index in [1.807, 2.05) is 4.72 Å². The maximum absolute atomic E-state index is 11.8. The highest BCUT2D eigenvalue weighted by atomic mass is 35.5. The molecule has 1 N–H and O–H groups in total. The number of ether oxygens (including phenoxy) is 1. The fourth-order valence-electron chi connectivity index (χ4n) is 1.41. The summed E-state index contributed by atoms with van der Waals surface area (Å²) in [7, 11) is -2.83. The molecule has 2 heterocycles. The summed E-state index contributed by atoms with van der Waals surface area (Å²) in [5, 5.41) is 0. The average Bonchev–Trinajstić information content (AvgIpc) is 2.66. The van der Waals surface area contributed by atoms with Crippen LogP contribution in [0.2, 0.25) is 4.34 Å². The second-order valence-corrected chi connectivity index (χ2v) is 6.79. The molecule has 0 radical (unpaired) electrons. The van der Waals surface area contributed by atoms with Gasteiger partial charge in [0.05, 0.1) is 17.0 Å². The summed E-state index contributed by atoms with van der Waals surface area (Å²) in [6, 6.07) is -0.304. The van der Waals surface area contributed by atoms with Crippen LogP contribution >= 0.6 is 22.9 Å². The lowest BCUT2D eigenvalue weighted by atomic mass is 10.1. The molecule has 9 heteroatoms. The molecule has 0 amide bonds. The first-order chi connectivity index (χ1) is 7.86. The van der Waals surface area contributed by atoms with Crippen molar-refractivity contribution in [3.05, 3.63) is 16.0 Å². The highest BCUT2D eigenvalue weighted by molar-refractivity contribution is 7.92. The number of carbonyl (C=O) groups is 2. The predicted molar refractivity (Wildman–Crippen MR) is 59.8 cm³/mol. The Kier molecular flexibility index (Phi) is 2.98. The molecule has 0 aliphatic carbocycles. The van der Waals surface area contributed by atoms with Gasteiger partial charge in [-0.25, -0.2) is 13.2 Å². The summed E-state index contributed by atoms with van der Waals surface area (Å²) >= 11 is 6.43. The number of hydrogen-bond donors (Lipinski definition) is 1. The van der Waals surface area contributed by atoms with Gasteiger partial charge in [0, 0.05) is 0 Å². The van der Waals surface area contributed by atoms with Crippen molar-refractivity contribution in [1.82, 2.24) is 4.72 Å². The van der Waals surface area contributed by atoms with Gasteiger partial charge in [0.15, 0.2) is 11.8 Å². The second-order valence-electron chi connectivity index (χ2n) is 3.19. The SMILES string of the molecule is COC(=O)C1NS(=O)(=O)c2sc(Cl)cc2C1=O. The number of hydrogen-bond acceptors (Lipinski definition) is 6. The Morgan fingerprint density at radius 3 is 2.82 bits per heavy atom. The third-order valence-electron chi connectivity index (χ3n) is 2.15. The molecule has 0 bridgehead atoms. The lowest BCUT2D eigenvalue weighted by Gasteiger charge is -2.19. The molecule has 1 aromatic rings. The quantitative estimate of drug-likeness (QED) is 0.599. The molecule has 2 rings (SSSR count). The van der Waals surface area contributed by atoms with Crippen molar-refractivity contribution < 1.29 is 22.7 Å². The highest BCUT2D eigenvalue weighted by Crippen LogP contribution is 2.34. The van der Waals surface area contributed by atoms with Crippen molar-refractivity contribution in [2.45, 2.75) is 10.3 Å². The summed E-state index contributed by atoms with van der Waals surface area (Å²) in [6.45, 7) is 0. The Bertz CT molecular complexity index is 605. The number of nitrogens with one attached hydrogen (secondary N) is 1. The first kappa shape index (κ1) is 12.5. The number of halogens is 1. The minimum absolute atomic E-state index is 0.0749. The summed E-state index contributed by atoms with van der Waals surface area (Å²) in [6.07, 6.45) is 0. The molecule has 92 valence electrons. The number of Topliss-reactive ketones (excluding diaryl/α,β-unsaturated/α-hetero) is 1. The Morgan fingerprint density at radius 1 is 1.59 bits per heavy atom. The van der Waals surface area contributed by atoms with Gasteiger partial charge < -0.3 is 4.74 Å². The van der Waals surface area contributed by atoms with Gasteiger partial charge in [-0.2, -0.15) is 4.72 Å². The molecule has 17 heavy (non-hydrogen) atoms. The zero-order valence-corrected chi connectivity index (χ0v) is 10.8. The molecular weight excluding hydrogens is 290 g/mol. The largest absolute Gasteiger partial charge is 0.467 e. The molecule has 1 unspecified atom stereocenters. The van der Waals surface area contributed by atoms with Crippen LogP contribution in [0.3, 0.4) is 0 Å². The number of fused-ring (bicyclic) bond motifs is 1. The molecule has 1 aliphatic heterocycles. The first-order valence-corrected chi connectivity index (χ1v) is 6.98. The number of esters is 1. The summed E-state index contributed by atoms with van der Waals surface area (Å²) in [5.41, 5.74) is -0.0749.